The predicted octanol–water partition coefficient (Wildman–Crippen LogP) is 5.32. The molecule has 1 unspecified atom stereocenters. The molecule has 4 heteroatoms. The number of carbonyl (C=O) groups is 1. The molecule has 1 atom stereocenters. The van der Waals surface area contributed by atoms with Gasteiger partial charge in [0.05, 0.1) is 6.04 Å². The van der Waals surface area contributed by atoms with Crippen molar-refractivity contribution in [2.75, 3.05) is 6.54 Å². The van der Waals surface area contributed by atoms with E-state index in [2.05, 4.69) is 63.8 Å². The van der Waals surface area contributed by atoms with Gasteiger partial charge in [-0.3, -0.25) is 0 Å². The molecule has 1 aliphatic rings. The SMILES string of the molecule is CCC(NC(=O)NCCc1ccc(Br)cc1)c1ccc2c(c1)CCCC2. The molecule has 3 rings (SSSR count). The lowest BCUT2D eigenvalue weighted by Gasteiger charge is -2.22. The lowest BCUT2D eigenvalue weighted by molar-refractivity contribution is 0.237. The number of nitrogens with one attached hydrogen (secondary N) is 2. The Labute approximate surface area is 164 Å². The highest BCUT2D eigenvalue weighted by atomic mass is 79.9. The molecule has 26 heavy (non-hydrogen) atoms. The summed E-state index contributed by atoms with van der Waals surface area (Å²) < 4.78 is 1.07. The molecule has 0 fully saturated rings. The first-order valence-corrected chi connectivity index (χ1v) is 10.4. The Morgan fingerprint density at radius 2 is 1.81 bits per heavy atom. The van der Waals surface area contributed by atoms with Gasteiger partial charge < -0.3 is 10.6 Å². The Bertz CT molecular complexity index is 742. The number of fused-ring (bicyclic) bond motifs is 1. The maximum atomic E-state index is 12.3. The van der Waals surface area contributed by atoms with E-state index in [1.165, 1.54) is 47.9 Å². The Hall–Kier alpha value is -1.81. The zero-order valence-electron chi connectivity index (χ0n) is 15.4. The van der Waals surface area contributed by atoms with Gasteiger partial charge in [-0.2, -0.15) is 0 Å². The predicted molar refractivity (Wildman–Crippen MR) is 110 cm³/mol. The maximum Gasteiger partial charge on any atom is 0.315 e. The molecule has 3 nitrogen and oxygen atoms in total. The molecule has 138 valence electrons. The number of hydrogen-bond donors (Lipinski definition) is 2. The van der Waals surface area contributed by atoms with Crippen LogP contribution in [-0.4, -0.2) is 12.6 Å². The molecular formula is C22H27BrN2O. The van der Waals surface area contributed by atoms with Crippen molar-refractivity contribution in [3.05, 3.63) is 69.2 Å². The third kappa shape index (κ3) is 5.10. The van der Waals surface area contributed by atoms with Crippen LogP contribution in [0.2, 0.25) is 0 Å². The van der Waals surface area contributed by atoms with Gasteiger partial charge in [0.25, 0.3) is 0 Å². The minimum Gasteiger partial charge on any atom is -0.338 e. The average Bonchev–Trinajstić information content (AvgIpc) is 2.67. The van der Waals surface area contributed by atoms with Gasteiger partial charge in [-0.05, 0) is 72.9 Å². The lowest BCUT2D eigenvalue weighted by atomic mass is 9.89. The largest absolute Gasteiger partial charge is 0.338 e. The molecule has 0 bridgehead atoms. The van der Waals surface area contributed by atoms with Crippen molar-refractivity contribution in [1.82, 2.24) is 10.6 Å². The molecule has 2 aromatic carbocycles. The zero-order valence-corrected chi connectivity index (χ0v) is 16.9. The molecule has 2 N–H and O–H groups in total. The smallest absolute Gasteiger partial charge is 0.315 e. The van der Waals surface area contributed by atoms with E-state index in [4.69, 9.17) is 0 Å². The highest BCUT2D eigenvalue weighted by Gasteiger charge is 2.16. The fraction of sp³-hybridized carbons (Fsp3) is 0.409. The number of carbonyl (C=O) groups excluding carboxylic acids is 1. The summed E-state index contributed by atoms with van der Waals surface area (Å²) >= 11 is 3.44. The van der Waals surface area contributed by atoms with Crippen LogP contribution in [0, 0.1) is 0 Å². The second-order valence-electron chi connectivity index (χ2n) is 6.97. The summed E-state index contributed by atoms with van der Waals surface area (Å²) in [6.07, 6.45) is 6.64. The van der Waals surface area contributed by atoms with Crippen molar-refractivity contribution in [2.45, 2.75) is 51.5 Å². The first-order valence-electron chi connectivity index (χ1n) is 9.56. The first kappa shape index (κ1) is 19.0. The zero-order chi connectivity index (χ0) is 18.4. The quantitative estimate of drug-likeness (QED) is 0.659. The van der Waals surface area contributed by atoms with Gasteiger partial charge >= 0.3 is 6.03 Å². The Kier molecular flexibility index (Phi) is 6.73. The molecule has 0 radical (unpaired) electrons. The monoisotopic (exact) mass is 414 g/mol. The van der Waals surface area contributed by atoms with Crippen LogP contribution in [0.1, 0.15) is 54.5 Å². The lowest BCUT2D eigenvalue weighted by Crippen LogP contribution is -2.38. The third-order valence-corrected chi connectivity index (χ3v) is 5.63. The molecular weight excluding hydrogens is 388 g/mol. The maximum absolute atomic E-state index is 12.3. The van der Waals surface area contributed by atoms with Crippen LogP contribution >= 0.6 is 15.9 Å². The molecule has 0 saturated heterocycles. The molecule has 0 aromatic heterocycles. The average molecular weight is 415 g/mol. The number of halogens is 1. The number of rotatable bonds is 6. The number of amides is 2. The summed E-state index contributed by atoms with van der Waals surface area (Å²) in [7, 11) is 0. The van der Waals surface area contributed by atoms with Gasteiger partial charge in [0.15, 0.2) is 0 Å². The van der Waals surface area contributed by atoms with E-state index < -0.39 is 0 Å². The first-order chi connectivity index (χ1) is 12.7. The summed E-state index contributed by atoms with van der Waals surface area (Å²) in [4.78, 5) is 12.3. The summed E-state index contributed by atoms with van der Waals surface area (Å²) in [5.74, 6) is 0. The van der Waals surface area contributed by atoms with E-state index in [-0.39, 0.29) is 12.1 Å². The van der Waals surface area contributed by atoms with Gasteiger partial charge in [-0.1, -0.05) is 53.2 Å². The van der Waals surface area contributed by atoms with Crippen molar-refractivity contribution >= 4 is 22.0 Å². The van der Waals surface area contributed by atoms with E-state index >= 15 is 0 Å². The molecule has 1 aliphatic carbocycles. The van der Waals surface area contributed by atoms with Crippen molar-refractivity contribution in [2.24, 2.45) is 0 Å². The van der Waals surface area contributed by atoms with E-state index in [9.17, 15) is 4.79 Å². The molecule has 0 saturated carbocycles. The van der Waals surface area contributed by atoms with Crippen molar-refractivity contribution < 1.29 is 4.79 Å². The van der Waals surface area contributed by atoms with E-state index in [1.807, 2.05) is 12.1 Å². The standard InChI is InChI=1S/C22H27BrN2O/c1-2-21(19-10-9-17-5-3-4-6-18(17)15-19)25-22(26)24-14-13-16-7-11-20(23)12-8-16/h7-12,15,21H,2-6,13-14H2,1H3,(H2,24,25,26). The fourth-order valence-corrected chi connectivity index (χ4v) is 3.84. The van der Waals surface area contributed by atoms with Crippen LogP contribution in [0.15, 0.2) is 46.9 Å². The minimum atomic E-state index is -0.0910. The van der Waals surface area contributed by atoms with E-state index in [1.54, 1.807) is 0 Å². The van der Waals surface area contributed by atoms with Crippen molar-refractivity contribution in [3.63, 3.8) is 0 Å². The summed E-state index contributed by atoms with van der Waals surface area (Å²) in [5, 5.41) is 6.11. The second kappa shape index (κ2) is 9.22. The topological polar surface area (TPSA) is 41.1 Å². The van der Waals surface area contributed by atoms with Gasteiger partial charge in [-0.25, -0.2) is 4.79 Å². The molecule has 0 spiro atoms. The second-order valence-corrected chi connectivity index (χ2v) is 7.89. The van der Waals surface area contributed by atoms with E-state index in [0.717, 1.165) is 17.3 Å². The Morgan fingerprint density at radius 1 is 1.08 bits per heavy atom. The normalized spacial score (nSPS) is 14.4. The van der Waals surface area contributed by atoms with Crippen LogP contribution in [-0.2, 0) is 19.3 Å². The van der Waals surface area contributed by atoms with Gasteiger partial charge in [0.2, 0.25) is 0 Å². The highest BCUT2D eigenvalue weighted by Crippen LogP contribution is 2.26. The number of aryl methyl sites for hydroxylation is 2. The Morgan fingerprint density at radius 3 is 2.54 bits per heavy atom. The number of benzene rings is 2. The van der Waals surface area contributed by atoms with Crippen LogP contribution in [0.5, 0.6) is 0 Å². The molecule has 2 aromatic rings. The van der Waals surface area contributed by atoms with Crippen LogP contribution in [0.4, 0.5) is 4.79 Å². The number of hydrogen-bond acceptors (Lipinski definition) is 1. The van der Waals surface area contributed by atoms with Gasteiger partial charge in [0.1, 0.15) is 0 Å². The third-order valence-electron chi connectivity index (χ3n) is 5.10. The molecule has 2 amide bonds. The van der Waals surface area contributed by atoms with Gasteiger partial charge in [0, 0.05) is 11.0 Å². The summed E-state index contributed by atoms with van der Waals surface area (Å²) in [6, 6.07) is 14.9. The fourth-order valence-electron chi connectivity index (χ4n) is 3.57. The molecule has 0 aliphatic heterocycles. The number of urea groups is 1. The van der Waals surface area contributed by atoms with Crippen LogP contribution in [0.3, 0.4) is 0 Å². The van der Waals surface area contributed by atoms with Crippen molar-refractivity contribution in [3.8, 4) is 0 Å². The minimum absolute atomic E-state index is 0.0647. The molecule has 0 heterocycles. The Balaban J connectivity index is 1.52. The van der Waals surface area contributed by atoms with Crippen molar-refractivity contribution in [1.29, 1.82) is 0 Å². The van der Waals surface area contributed by atoms with Gasteiger partial charge in [-0.15, -0.1) is 0 Å². The summed E-state index contributed by atoms with van der Waals surface area (Å²) in [5.41, 5.74) is 5.38. The van der Waals surface area contributed by atoms with Crippen LogP contribution in [0.25, 0.3) is 0 Å². The highest BCUT2D eigenvalue weighted by molar-refractivity contribution is 9.10. The van der Waals surface area contributed by atoms with E-state index in [0.29, 0.717) is 6.54 Å². The van der Waals surface area contributed by atoms with Crippen LogP contribution < -0.4 is 10.6 Å². The summed E-state index contributed by atoms with van der Waals surface area (Å²) in [6.45, 7) is 2.75.